The van der Waals surface area contributed by atoms with E-state index in [-0.39, 0.29) is 40.8 Å². The lowest BCUT2D eigenvalue weighted by molar-refractivity contribution is -0.176. The Morgan fingerprint density at radius 3 is 2.14 bits per heavy atom. The van der Waals surface area contributed by atoms with Gasteiger partial charge in [0.15, 0.2) is 5.78 Å². The molecule has 3 N–H and O–H groups in total. The zero-order valence-electron chi connectivity index (χ0n) is 33.3. The third kappa shape index (κ3) is 5.48. The summed E-state index contributed by atoms with van der Waals surface area (Å²) in [5.41, 5.74) is -3.22. The van der Waals surface area contributed by atoms with E-state index < -0.39 is 45.5 Å². The summed E-state index contributed by atoms with van der Waals surface area (Å²) in [5.74, 6) is 1.54. The molecule has 0 saturated heterocycles. The van der Waals surface area contributed by atoms with Crippen LogP contribution in [0.1, 0.15) is 113 Å². The van der Waals surface area contributed by atoms with Gasteiger partial charge < -0.3 is 20.4 Å². The Morgan fingerprint density at radius 1 is 0.807 bits per heavy atom. The third-order valence-electron chi connectivity index (χ3n) is 17.9. The lowest BCUT2D eigenvalue weighted by Gasteiger charge is -2.71. The van der Waals surface area contributed by atoms with Crippen molar-refractivity contribution in [1.82, 2.24) is 4.90 Å². The SMILES string of the molecule is CC12CCC(O)CC13C=CC1(C(C(=O)c4cccc(C(F)(F)F)c4)=C3)C2CCC2(C)C1CCC2(O)CN(CC12CC3CC(CC(C3)C1)C2)C(=O)Nc1ccccc1. The second kappa shape index (κ2) is 12.5. The molecule has 8 unspecified atom stereocenters. The fourth-order valence-corrected chi connectivity index (χ4v) is 15.7. The predicted molar refractivity (Wildman–Crippen MR) is 212 cm³/mol. The predicted octanol–water partition coefficient (Wildman–Crippen LogP) is 10.2. The van der Waals surface area contributed by atoms with E-state index in [1.807, 2.05) is 41.3 Å². The van der Waals surface area contributed by atoms with Crippen molar-refractivity contribution in [3.63, 3.8) is 0 Å². The molecule has 6 bridgehead atoms. The number of para-hydroxylation sites is 1. The Bertz CT molecular complexity index is 2010. The minimum Gasteiger partial charge on any atom is -0.393 e. The number of Topliss-reactive ketones (excluding diaryl/α,β-unsaturated/α-hetero) is 1. The zero-order chi connectivity index (χ0) is 39.8. The smallest absolute Gasteiger partial charge is 0.393 e. The highest BCUT2D eigenvalue weighted by atomic mass is 19.4. The van der Waals surface area contributed by atoms with Gasteiger partial charge in [-0.25, -0.2) is 4.79 Å². The normalized spacial score (nSPS) is 43.5. The largest absolute Gasteiger partial charge is 0.416 e. The Balaban J connectivity index is 1.04. The number of alkyl halides is 3. The lowest BCUT2D eigenvalue weighted by atomic mass is 9.32. The van der Waals surface area contributed by atoms with Crippen LogP contribution in [0.15, 0.2) is 78.4 Å². The van der Waals surface area contributed by atoms with Gasteiger partial charge in [-0.15, -0.1) is 0 Å². The summed E-state index contributed by atoms with van der Waals surface area (Å²) in [6, 6.07) is 14.1. The van der Waals surface area contributed by atoms with Gasteiger partial charge in [0.25, 0.3) is 0 Å². The van der Waals surface area contributed by atoms with E-state index in [2.05, 4.69) is 31.3 Å². The molecule has 8 atom stereocenters. The first-order valence-corrected chi connectivity index (χ1v) is 21.7. The van der Waals surface area contributed by atoms with Crippen molar-refractivity contribution in [3.05, 3.63) is 89.5 Å². The number of carbonyl (C=O) groups excluding carboxylic acids is 2. The van der Waals surface area contributed by atoms with Crippen molar-refractivity contribution in [2.45, 2.75) is 115 Å². The van der Waals surface area contributed by atoms with E-state index >= 15 is 0 Å². The molecule has 10 aliphatic carbocycles. The molecule has 7 saturated carbocycles. The zero-order valence-corrected chi connectivity index (χ0v) is 33.3. The molecule has 6 nitrogen and oxygen atoms in total. The maximum Gasteiger partial charge on any atom is 0.416 e. The van der Waals surface area contributed by atoms with Gasteiger partial charge >= 0.3 is 12.2 Å². The Labute approximate surface area is 334 Å². The topological polar surface area (TPSA) is 89.9 Å². The van der Waals surface area contributed by atoms with Gasteiger partial charge in [0.05, 0.1) is 23.8 Å². The summed E-state index contributed by atoms with van der Waals surface area (Å²) >= 11 is 0. The van der Waals surface area contributed by atoms with E-state index in [9.17, 15) is 33.0 Å². The summed E-state index contributed by atoms with van der Waals surface area (Å²) in [4.78, 5) is 31.5. The van der Waals surface area contributed by atoms with E-state index in [4.69, 9.17) is 0 Å². The number of hydrogen-bond acceptors (Lipinski definition) is 4. The van der Waals surface area contributed by atoms with Crippen LogP contribution in [-0.4, -0.2) is 51.7 Å². The number of nitrogens with one attached hydrogen (secondary N) is 1. The van der Waals surface area contributed by atoms with E-state index in [1.54, 1.807) is 0 Å². The molecule has 0 aromatic heterocycles. The van der Waals surface area contributed by atoms with Crippen LogP contribution < -0.4 is 5.32 Å². The second-order valence-corrected chi connectivity index (χ2v) is 20.8. The van der Waals surface area contributed by atoms with Gasteiger partial charge in [-0.3, -0.25) is 4.79 Å². The van der Waals surface area contributed by atoms with E-state index in [1.165, 1.54) is 31.4 Å². The van der Waals surface area contributed by atoms with Gasteiger partial charge in [-0.2, -0.15) is 13.2 Å². The van der Waals surface area contributed by atoms with E-state index in [0.29, 0.717) is 67.7 Å². The molecule has 0 radical (unpaired) electrons. The molecule has 0 aliphatic heterocycles. The number of nitrogens with zero attached hydrogens (tertiary/aromatic N) is 1. The van der Waals surface area contributed by atoms with Crippen LogP contribution in [-0.2, 0) is 6.18 Å². The number of aliphatic hydroxyl groups excluding tert-OH is 1. The summed E-state index contributed by atoms with van der Waals surface area (Å²) in [7, 11) is 0. The molecule has 2 amide bonds. The minimum atomic E-state index is -4.60. The minimum absolute atomic E-state index is 0.00202. The molecular weight excluding hydrogens is 726 g/mol. The van der Waals surface area contributed by atoms with Crippen LogP contribution in [0.2, 0.25) is 0 Å². The average molecular weight is 783 g/mol. The van der Waals surface area contributed by atoms with Crippen molar-refractivity contribution in [2.75, 3.05) is 18.4 Å². The average Bonchev–Trinajstić information content (AvgIpc) is 3.43. The number of ketones is 1. The highest BCUT2D eigenvalue weighted by Gasteiger charge is 2.74. The fourth-order valence-electron chi connectivity index (χ4n) is 15.7. The van der Waals surface area contributed by atoms with Crippen molar-refractivity contribution >= 4 is 17.5 Å². The number of halogens is 3. The number of hydrogen-bond donors (Lipinski definition) is 3. The quantitative estimate of drug-likeness (QED) is 0.193. The van der Waals surface area contributed by atoms with Crippen molar-refractivity contribution in [2.24, 2.45) is 56.7 Å². The van der Waals surface area contributed by atoms with Crippen LogP contribution in [0.4, 0.5) is 23.7 Å². The first-order valence-electron chi connectivity index (χ1n) is 21.7. The summed E-state index contributed by atoms with van der Waals surface area (Å²) in [5, 5.41) is 27.6. The van der Waals surface area contributed by atoms with Crippen LogP contribution in [0.25, 0.3) is 0 Å². The van der Waals surface area contributed by atoms with E-state index in [0.717, 1.165) is 44.2 Å². The monoisotopic (exact) mass is 782 g/mol. The van der Waals surface area contributed by atoms with Crippen LogP contribution >= 0.6 is 0 Å². The van der Waals surface area contributed by atoms with Gasteiger partial charge in [0, 0.05) is 39.6 Å². The Kier molecular flexibility index (Phi) is 8.32. The maximum atomic E-state index is 15.0. The van der Waals surface area contributed by atoms with Crippen molar-refractivity contribution in [3.8, 4) is 0 Å². The molecule has 57 heavy (non-hydrogen) atoms. The summed E-state index contributed by atoms with van der Waals surface area (Å²) in [6.45, 7) is 5.25. The number of allylic oxidation sites excluding steroid dienone is 4. The fraction of sp³-hybridized carbons (Fsp3) is 0.625. The van der Waals surface area contributed by atoms with Gasteiger partial charge in [-0.05, 0) is 148 Å². The molecule has 0 heterocycles. The number of urea groups is 1. The number of carbonyl (C=O) groups is 2. The standard InChI is InChI=1S/C48H57F3N2O4/c1-42-14-11-36(54)26-45(42)17-18-47(37(27-45)40(55)33-7-6-8-34(22-33)48(49,50)51)38(42)12-15-43(2)39(47)13-16-46(43,57)29-53(41(56)52-35-9-4-3-5-10-35)28-44-23-30-19-31(24-44)21-32(20-30)25-44/h3-10,17-18,22,27,30-32,36,38-39,54,57H,11-16,19-21,23-26,28-29H2,1-2H3,(H,52,56). The lowest BCUT2D eigenvalue weighted by Crippen LogP contribution is -2.67. The Hall–Kier alpha value is -3.43. The third-order valence-corrected chi connectivity index (χ3v) is 17.9. The van der Waals surface area contributed by atoms with Gasteiger partial charge in [0.2, 0.25) is 0 Å². The molecule has 10 aliphatic rings. The second-order valence-electron chi connectivity index (χ2n) is 20.8. The number of aliphatic hydroxyl groups is 2. The molecule has 2 spiro atoms. The van der Waals surface area contributed by atoms with Gasteiger partial charge in [0.1, 0.15) is 0 Å². The Morgan fingerprint density at radius 2 is 1.46 bits per heavy atom. The number of amides is 2. The molecule has 12 rings (SSSR count). The summed E-state index contributed by atoms with van der Waals surface area (Å²) < 4.78 is 42.0. The number of fused-ring (bicyclic) bond motifs is 1. The highest BCUT2D eigenvalue weighted by molar-refractivity contribution is 6.10. The number of rotatable bonds is 7. The van der Waals surface area contributed by atoms with Crippen LogP contribution in [0, 0.1) is 56.7 Å². The van der Waals surface area contributed by atoms with Crippen molar-refractivity contribution in [1.29, 1.82) is 0 Å². The maximum absolute atomic E-state index is 15.0. The molecule has 304 valence electrons. The van der Waals surface area contributed by atoms with Crippen LogP contribution in [0.3, 0.4) is 0 Å². The number of benzene rings is 2. The molecule has 2 aromatic rings. The molecular formula is C48H57F3N2O4. The first-order chi connectivity index (χ1) is 27.0. The summed E-state index contributed by atoms with van der Waals surface area (Å²) in [6.07, 6.45) is 13.0. The molecule has 7 fully saturated rings. The molecule has 2 aromatic carbocycles. The van der Waals surface area contributed by atoms with Gasteiger partial charge in [-0.1, -0.05) is 62.4 Å². The first kappa shape index (κ1) is 37.8. The number of anilines is 1. The highest BCUT2D eigenvalue weighted by Crippen LogP contribution is 2.78. The van der Waals surface area contributed by atoms with Crippen LogP contribution in [0.5, 0.6) is 0 Å². The molecule has 9 heteroatoms. The van der Waals surface area contributed by atoms with Crippen molar-refractivity contribution < 1.29 is 33.0 Å².